The molecule has 0 aliphatic heterocycles. The summed E-state index contributed by atoms with van der Waals surface area (Å²) < 4.78 is 7.50. The molecule has 0 saturated carbocycles. The molecule has 0 amide bonds. The molecule has 6 aromatic carbocycles. The first-order valence-corrected chi connectivity index (χ1v) is 22.8. The highest BCUT2D eigenvalue weighted by molar-refractivity contribution is 5.52. The Balaban J connectivity index is 1.69. The molecular formula is C58H70O7. The summed E-state index contributed by atoms with van der Waals surface area (Å²) in [5.74, 6) is 0. The highest BCUT2D eigenvalue weighted by Gasteiger charge is 2.50. The number of benzene rings is 6. The smallest absolute Gasteiger partial charge is 0.0959 e. The fourth-order valence-corrected chi connectivity index (χ4v) is 9.52. The van der Waals surface area contributed by atoms with Gasteiger partial charge in [0.15, 0.2) is 0 Å². The molecule has 0 spiro atoms. The van der Waals surface area contributed by atoms with Crippen LogP contribution in [-0.4, -0.2) is 70.3 Å². The van der Waals surface area contributed by atoms with Gasteiger partial charge in [-0.25, -0.2) is 0 Å². The summed E-state index contributed by atoms with van der Waals surface area (Å²) in [7, 11) is 0. The number of hydrogen-bond donors (Lipinski definition) is 6. The molecule has 2 atom stereocenters. The van der Waals surface area contributed by atoms with E-state index in [1.54, 1.807) is 0 Å². The summed E-state index contributed by atoms with van der Waals surface area (Å²) in [6.07, 6.45) is -2.51. The second-order valence-electron chi connectivity index (χ2n) is 20.1. The van der Waals surface area contributed by atoms with Gasteiger partial charge < -0.3 is 35.4 Å². The third kappa shape index (κ3) is 9.39. The third-order valence-corrected chi connectivity index (χ3v) is 14.7. The van der Waals surface area contributed by atoms with E-state index < -0.39 is 84.3 Å². The molecule has 344 valence electrons. The minimum absolute atomic E-state index is 0.449. The van der Waals surface area contributed by atoms with Crippen LogP contribution in [0.3, 0.4) is 0 Å². The van der Waals surface area contributed by atoms with E-state index in [0.717, 1.165) is 44.5 Å². The van der Waals surface area contributed by atoms with E-state index in [2.05, 4.69) is 116 Å². The van der Waals surface area contributed by atoms with Crippen molar-refractivity contribution in [2.45, 2.75) is 89.3 Å². The highest BCUT2D eigenvalue weighted by atomic mass is 16.5. The SMILES string of the molecule is CC(C)(c1ccccc1)c1ccc(C(OC(c2ccc(C(C)(C)c3ccccc3)cc2C(C)(C)c2ccccc2)C(CO)(CO)CO)C(CO)(CO)CO)c(C(C)(C)c2ccccc2)c1. The minimum Gasteiger partial charge on any atom is -0.395 e. The lowest BCUT2D eigenvalue weighted by Gasteiger charge is -2.46. The maximum absolute atomic E-state index is 11.4. The lowest BCUT2D eigenvalue weighted by molar-refractivity contribution is -0.193. The van der Waals surface area contributed by atoms with E-state index in [9.17, 15) is 30.6 Å². The molecule has 0 aromatic heterocycles. The lowest BCUT2D eigenvalue weighted by atomic mass is 9.67. The molecule has 6 aromatic rings. The summed E-state index contributed by atoms with van der Waals surface area (Å²) in [5.41, 5.74) is 3.48. The molecule has 2 unspecified atom stereocenters. The van der Waals surface area contributed by atoms with Crippen molar-refractivity contribution < 1.29 is 35.4 Å². The first-order valence-electron chi connectivity index (χ1n) is 22.8. The number of rotatable bonds is 20. The molecule has 0 heterocycles. The van der Waals surface area contributed by atoms with Crippen LogP contribution in [-0.2, 0) is 26.4 Å². The normalized spacial score (nSPS) is 14.0. The summed E-state index contributed by atoms with van der Waals surface area (Å²) in [6.45, 7) is 13.2. The monoisotopic (exact) mass is 879 g/mol. The molecule has 0 aliphatic carbocycles. The summed E-state index contributed by atoms with van der Waals surface area (Å²) in [4.78, 5) is 0. The first kappa shape index (κ1) is 49.5. The molecule has 65 heavy (non-hydrogen) atoms. The van der Waals surface area contributed by atoms with Gasteiger partial charge in [-0.15, -0.1) is 0 Å². The summed E-state index contributed by atoms with van der Waals surface area (Å²) in [6, 6.07) is 53.1. The quantitative estimate of drug-likeness (QED) is 0.0451. The number of ether oxygens (including phenoxy) is 1. The second kappa shape index (κ2) is 19.9. The minimum atomic E-state index is -1.69. The van der Waals surface area contributed by atoms with Gasteiger partial charge in [0, 0.05) is 21.7 Å². The van der Waals surface area contributed by atoms with Crippen LogP contribution in [0.15, 0.2) is 158 Å². The van der Waals surface area contributed by atoms with Crippen molar-refractivity contribution in [3.63, 3.8) is 0 Å². The van der Waals surface area contributed by atoms with Gasteiger partial charge in [-0.05, 0) is 55.6 Å². The van der Waals surface area contributed by atoms with Crippen molar-refractivity contribution in [3.05, 3.63) is 213 Å². The van der Waals surface area contributed by atoms with Crippen molar-refractivity contribution in [2.24, 2.45) is 10.8 Å². The van der Waals surface area contributed by atoms with Gasteiger partial charge in [-0.1, -0.05) is 213 Å². The number of hydrogen-bond acceptors (Lipinski definition) is 7. The maximum atomic E-state index is 11.4. The Morgan fingerprint density at radius 2 is 0.569 bits per heavy atom. The van der Waals surface area contributed by atoms with Crippen LogP contribution in [0.2, 0.25) is 0 Å². The third-order valence-electron chi connectivity index (χ3n) is 14.7. The second-order valence-corrected chi connectivity index (χ2v) is 20.1. The largest absolute Gasteiger partial charge is 0.395 e. The Bertz CT molecular complexity index is 2250. The van der Waals surface area contributed by atoms with E-state index in [-0.39, 0.29) is 0 Å². The molecular weight excluding hydrogens is 809 g/mol. The Hall–Kier alpha value is -4.96. The Kier molecular flexibility index (Phi) is 15.1. The maximum Gasteiger partial charge on any atom is 0.0959 e. The van der Waals surface area contributed by atoms with Crippen LogP contribution < -0.4 is 0 Å². The van der Waals surface area contributed by atoms with Crippen molar-refractivity contribution in [3.8, 4) is 0 Å². The van der Waals surface area contributed by atoms with Crippen molar-refractivity contribution in [2.75, 3.05) is 39.6 Å². The van der Waals surface area contributed by atoms with Crippen LogP contribution in [0.4, 0.5) is 0 Å². The number of aliphatic hydroxyl groups excluding tert-OH is 6. The summed E-state index contributed by atoms with van der Waals surface area (Å²) in [5, 5.41) is 68.6. The standard InChI is InChI=1S/C58H70O7/c1-53(2,41-21-13-9-14-22-41)45-29-31-47(49(33-45)55(5,6)43-25-17-11-18-26-43)51(57(35-59,36-60)37-61)65-52(58(38-62,39-63)40-64)48-32-30-46(54(3,4)42-23-15-10-16-24-42)34-50(48)56(7,8)44-27-19-12-20-28-44/h9-34,51-52,59-64H,35-40H2,1-8H3. The molecule has 7 heteroatoms. The van der Waals surface area contributed by atoms with E-state index in [0.29, 0.717) is 11.1 Å². The fourth-order valence-electron chi connectivity index (χ4n) is 9.52. The summed E-state index contributed by atoms with van der Waals surface area (Å²) >= 11 is 0. The van der Waals surface area contributed by atoms with Crippen LogP contribution in [0, 0.1) is 10.8 Å². The van der Waals surface area contributed by atoms with E-state index >= 15 is 0 Å². The number of aliphatic hydroxyl groups is 6. The molecule has 0 radical (unpaired) electrons. The van der Waals surface area contributed by atoms with Crippen LogP contribution in [0.25, 0.3) is 0 Å². The Morgan fingerprint density at radius 3 is 0.815 bits per heavy atom. The van der Waals surface area contributed by atoms with Gasteiger partial charge >= 0.3 is 0 Å². The van der Waals surface area contributed by atoms with Gasteiger partial charge in [-0.2, -0.15) is 0 Å². The zero-order valence-electron chi connectivity index (χ0n) is 39.5. The fraction of sp³-hybridized carbons (Fsp3) is 0.379. The Morgan fingerprint density at radius 1 is 0.323 bits per heavy atom. The zero-order valence-corrected chi connectivity index (χ0v) is 39.5. The van der Waals surface area contributed by atoms with E-state index in [4.69, 9.17) is 4.74 Å². The van der Waals surface area contributed by atoms with E-state index in [1.165, 1.54) is 0 Å². The van der Waals surface area contributed by atoms with E-state index in [1.807, 2.05) is 97.1 Å². The molecule has 0 bridgehead atoms. The Labute approximate surface area is 387 Å². The van der Waals surface area contributed by atoms with Crippen molar-refractivity contribution >= 4 is 0 Å². The van der Waals surface area contributed by atoms with Crippen LogP contribution in [0.1, 0.15) is 123 Å². The van der Waals surface area contributed by atoms with Gasteiger partial charge in [0.25, 0.3) is 0 Å². The van der Waals surface area contributed by atoms with Crippen molar-refractivity contribution in [1.29, 1.82) is 0 Å². The van der Waals surface area contributed by atoms with Gasteiger partial charge in [0.2, 0.25) is 0 Å². The first-order chi connectivity index (χ1) is 30.9. The molecule has 0 aliphatic rings. The predicted molar refractivity (Wildman–Crippen MR) is 261 cm³/mol. The molecule has 0 fully saturated rings. The molecule has 7 nitrogen and oxygen atoms in total. The van der Waals surface area contributed by atoms with Gasteiger partial charge in [0.1, 0.15) is 0 Å². The average molecular weight is 879 g/mol. The van der Waals surface area contributed by atoms with Crippen LogP contribution >= 0.6 is 0 Å². The predicted octanol–water partition coefficient (Wildman–Crippen LogP) is 9.72. The zero-order chi connectivity index (χ0) is 47.3. The van der Waals surface area contributed by atoms with Crippen molar-refractivity contribution in [1.82, 2.24) is 0 Å². The average Bonchev–Trinajstić information content (AvgIpc) is 3.35. The lowest BCUT2D eigenvalue weighted by Crippen LogP contribution is -2.47. The van der Waals surface area contributed by atoms with Gasteiger partial charge in [-0.3, -0.25) is 0 Å². The molecule has 6 N–H and O–H groups in total. The van der Waals surface area contributed by atoms with Crippen LogP contribution in [0.5, 0.6) is 0 Å². The van der Waals surface area contributed by atoms with Gasteiger partial charge in [0.05, 0.1) is 62.7 Å². The molecule has 0 saturated heterocycles. The highest BCUT2D eigenvalue weighted by Crippen LogP contribution is 2.52. The molecule has 6 rings (SSSR count). The topological polar surface area (TPSA) is 131 Å².